The minimum absolute atomic E-state index is 0.531. The summed E-state index contributed by atoms with van der Waals surface area (Å²) >= 11 is 3.73. The largest absolute Gasteiger partial charge is 0.356 e. The zero-order valence-electron chi connectivity index (χ0n) is 12.2. The Morgan fingerprint density at radius 2 is 2.15 bits per heavy atom. The van der Waals surface area contributed by atoms with Crippen molar-refractivity contribution in [3.63, 3.8) is 0 Å². The fourth-order valence-electron chi connectivity index (χ4n) is 2.63. The Balaban J connectivity index is 2.13. The van der Waals surface area contributed by atoms with E-state index in [1.54, 1.807) is 0 Å². The van der Waals surface area contributed by atoms with Crippen molar-refractivity contribution in [1.82, 2.24) is 9.55 Å². The summed E-state index contributed by atoms with van der Waals surface area (Å²) in [6.45, 7) is 8.64. The normalized spacial score (nSPS) is 14.2. The summed E-state index contributed by atoms with van der Waals surface area (Å²) < 4.78 is 3.31. The van der Waals surface area contributed by atoms with Crippen LogP contribution < -0.4 is 5.32 Å². The number of anilines is 1. The topological polar surface area (TPSA) is 29.9 Å². The number of hydrogen-bond acceptors (Lipinski definition) is 2. The second-order valence-corrected chi connectivity index (χ2v) is 6.49. The van der Waals surface area contributed by atoms with Crippen molar-refractivity contribution in [3.05, 3.63) is 33.9 Å². The smallest absolute Gasteiger partial charge is 0.204 e. The van der Waals surface area contributed by atoms with Crippen molar-refractivity contribution in [1.29, 1.82) is 0 Å². The molecular formula is C16H20BrN3. The molecule has 0 bridgehead atoms. The first-order chi connectivity index (χ1) is 9.58. The van der Waals surface area contributed by atoms with E-state index in [1.807, 2.05) is 0 Å². The number of halogens is 1. The van der Waals surface area contributed by atoms with Crippen molar-refractivity contribution in [2.24, 2.45) is 0 Å². The molecule has 106 valence electrons. The van der Waals surface area contributed by atoms with Gasteiger partial charge in [-0.1, -0.05) is 26.0 Å². The molecule has 1 aromatic heterocycles. The van der Waals surface area contributed by atoms with Crippen LogP contribution in [-0.4, -0.2) is 16.1 Å². The third kappa shape index (κ3) is 2.26. The molecule has 1 aliphatic rings. The maximum Gasteiger partial charge on any atom is 0.204 e. The maximum absolute atomic E-state index is 4.79. The molecular weight excluding hydrogens is 314 g/mol. The predicted octanol–water partition coefficient (Wildman–Crippen LogP) is 4.56. The number of imidazole rings is 1. The summed E-state index contributed by atoms with van der Waals surface area (Å²) in [6.07, 6.45) is 1.15. The maximum atomic E-state index is 4.79. The molecule has 0 amide bonds. The standard InChI is InChI=1S/C16H20BrN3/c1-10(2)12-6-5-11(3)13(9-12)14-15(17)20-8-4-7-18-16(20)19-14/h5-6,9-10H,4,7-8H2,1-3H3,(H,18,19). The minimum atomic E-state index is 0.531. The van der Waals surface area contributed by atoms with Crippen molar-refractivity contribution < 1.29 is 0 Å². The van der Waals surface area contributed by atoms with E-state index in [-0.39, 0.29) is 0 Å². The van der Waals surface area contributed by atoms with Crippen LogP contribution in [0.2, 0.25) is 0 Å². The Labute approximate surface area is 128 Å². The molecule has 0 spiro atoms. The van der Waals surface area contributed by atoms with E-state index in [0.717, 1.165) is 35.8 Å². The number of hydrogen-bond donors (Lipinski definition) is 1. The van der Waals surface area contributed by atoms with Crippen LogP contribution in [0.3, 0.4) is 0 Å². The molecule has 2 aromatic rings. The van der Waals surface area contributed by atoms with Crippen LogP contribution in [0.4, 0.5) is 5.95 Å². The van der Waals surface area contributed by atoms with E-state index in [0.29, 0.717) is 5.92 Å². The molecule has 0 radical (unpaired) electrons. The van der Waals surface area contributed by atoms with Gasteiger partial charge in [-0.2, -0.15) is 0 Å². The molecule has 3 nitrogen and oxygen atoms in total. The van der Waals surface area contributed by atoms with Crippen molar-refractivity contribution in [3.8, 4) is 11.3 Å². The van der Waals surface area contributed by atoms with Gasteiger partial charge in [0.2, 0.25) is 5.95 Å². The van der Waals surface area contributed by atoms with Gasteiger partial charge in [0.1, 0.15) is 10.3 Å². The zero-order chi connectivity index (χ0) is 14.3. The van der Waals surface area contributed by atoms with E-state index in [2.05, 4.69) is 64.8 Å². The van der Waals surface area contributed by atoms with Crippen molar-refractivity contribution >= 4 is 21.9 Å². The Hall–Kier alpha value is -1.29. The first kappa shape index (κ1) is 13.7. The van der Waals surface area contributed by atoms with Crippen LogP contribution in [0, 0.1) is 6.92 Å². The van der Waals surface area contributed by atoms with Crippen LogP contribution in [0.5, 0.6) is 0 Å². The number of benzene rings is 1. The highest BCUT2D eigenvalue weighted by Crippen LogP contribution is 2.35. The molecule has 4 heteroatoms. The molecule has 3 rings (SSSR count). The first-order valence-electron chi connectivity index (χ1n) is 7.18. The van der Waals surface area contributed by atoms with Gasteiger partial charge in [0.25, 0.3) is 0 Å². The highest BCUT2D eigenvalue weighted by atomic mass is 79.9. The Morgan fingerprint density at radius 3 is 2.85 bits per heavy atom. The molecule has 0 unspecified atom stereocenters. The number of rotatable bonds is 2. The molecule has 1 aliphatic heterocycles. The van der Waals surface area contributed by atoms with E-state index >= 15 is 0 Å². The van der Waals surface area contributed by atoms with Gasteiger partial charge in [-0.15, -0.1) is 0 Å². The number of nitrogens with one attached hydrogen (secondary N) is 1. The zero-order valence-corrected chi connectivity index (χ0v) is 13.8. The van der Waals surface area contributed by atoms with Gasteiger partial charge < -0.3 is 9.88 Å². The van der Waals surface area contributed by atoms with E-state index < -0.39 is 0 Å². The third-order valence-electron chi connectivity index (χ3n) is 3.93. The average Bonchev–Trinajstić information content (AvgIpc) is 2.77. The lowest BCUT2D eigenvalue weighted by Crippen LogP contribution is -2.17. The SMILES string of the molecule is Cc1ccc(C(C)C)cc1-c1nc2n(c1Br)CCCN2. The third-order valence-corrected chi connectivity index (χ3v) is 4.73. The van der Waals surface area contributed by atoms with Crippen molar-refractivity contribution in [2.75, 3.05) is 11.9 Å². The van der Waals surface area contributed by atoms with Crippen LogP contribution in [0.25, 0.3) is 11.3 Å². The quantitative estimate of drug-likeness (QED) is 0.872. The van der Waals surface area contributed by atoms with Crippen LogP contribution >= 0.6 is 15.9 Å². The molecule has 1 N–H and O–H groups in total. The molecule has 0 atom stereocenters. The van der Waals surface area contributed by atoms with Gasteiger partial charge in [-0.05, 0) is 52.4 Å². The lowest BCUT2D eigenvalue weighted by Gasteiger charge is -2.15. The molecule has 1 aromatic carbocycles. The predicted molar refractivity (Wildman–Crippen MR) is 87.3 cm³/mol. The summed E-state index contributed by atoms with van der Waals surface area (Å²) in [6, 6.07) is 6.69. The highest BCUT2D eigenvalue weighted by Gasteiger charge is 2.20. The first-order valence-corrected chi connectivity index (χ1v) is 7.98. The molecule has 0 saturated carbocycles. The Kier molecular flexibility index (Phi) is 3.59. The van der Waals surface area contributed by atoms with Crippen LogP contribution in [0.15, 0.2) is 22.8 Å². The number of fused-ring (bicyclic) bond motifs is 1. The molecule has 20 heavy (non-hydrogen) atoms. The fraction of sp³-hybridized carbons (Fsp3) is 0.438. The second kappa shape index (κ2) is 5.24. The summed E-state index contributed by atoms with van der Waals surface area (Å²) in [7, 11) is 0. The van der Waals surface area contributed by atoms with Gasteiger partial charge >= 0.3 is 0 Å². The van der Waals surface area contributed by atoms with E-state index in [9.17, 15) is 0 Å². The summed E-state index contributed by atoms with van der Waals surface area (Å²) in [4.78, 5) is 4.79. The minimum Gasteiger partial charge on any atom is -0.356 e. The van der Waals surface area contributed by atoms with Gasteiger partial charge in [-0.25, -0.2) is 4.98 Å². The summed E-state index contributed by atoms with van der Waals surface area (Å²) in [5.41, 5.74) is 4.91. The summed E-state index contributed by atoms with van der Waals surface area (Å²) in [5, 5.41) is 3.37. The van der Waals surface area contributed by atoms with Gasteiger partial charge in [0.05, 0.1) is 0 Å². The lowest BCUT2D eigenvalue weighted by molar-refractivity contribution is 0.618. The van der Waals surface area contributed by atoms with Crippen LogP contribution in [-0.2, 0) is 6.54 Å². The number of aromatic nitrogens is 2. The van der Waals surface area contributed by atoms with E-state index in [4.69, 9.17) is 4.98 Å². The molecule has 0 aliphatic carbocycles. The molecule has 2 heterocycles. The fourth-order valence-corrected chi connectivity index (χ4v) is 3.28. The number of aryl methyl sites for hydroxylation is 1. The molecule has 0 saturated heterocycles. The van der Waals surface area contributed by atoms with Crippen molar-refractivity contribution in [2.45, 2.75) is 39.7 Å². The molecule has 0 fully saturated rings. The average molecular weight is 334 g/mol. The van der Waals surface area contributed by atoms with E-state index in [1.165, 1.54) is 16.7 Å². The van der Waals surface area contributed by atoms with Gasteiger partial charge in [-0.3, -0.25) is 0 Å². The highest BCUT2D eigenvalue weighted by molar-refractivity contribution is 9.10. The Bertz CT molecular complexity index is 643. The monoisotopic (exact) mass is 333 g/mol. The second-order valence-electron chi connectivity index (χ2n) is 5.74. The van der Waals surface area contributed by atoms with Crippen LogP contribution in [0.1, 0.15) is 37.3 Å². The van der Waals surface area contributed by atoms with Gasteiger partial charge in [0.15, 0.2) is 0 Å². The Morgan fingerprint density at radius 1 is 1.35 bits per heavy atom. The van der Waals surface area contributed by atoms with Gasteiger partial charge in [0, 0.05) is 18.7 Å². The number of nitrogens with zero attached hydrogens (tertiary/aromatic N) is 2. The summed E-state index contributed by atoms with van der Waals surface area (Å²) in [5.74, 6) is 1.51. The lowest BCUT2D eigenvalue weighted by atomic mass is 9.96.